The minimum atomic E-state index is -0.137. The summed E-state index contributed by atoms with van der Waals surface area (Å²) in [6, 6.07) is 10.5. The van der Waals surface area contributed by atoms with E-state index < -0.39 is 0 Å². The van der Waals surface area contributed by atoms with Gasteiger partial charge in [0.15, 0.2) is 11.0 Å². The van der Waals surface area contributed by atoms with Crippen molar-refractivity contribution in [3.8, 4) is 0 Å². The van der Waals surface area contributed by atoms with Crippen molar-refractivity contribution in [3.05, 3.63) is 53.4 Å². The molecule has 0 saturated carbocycles. The molecule has 0 spiro atoms. The highest BCUT2D eigenvalue weighted by Crippen LogP contribution is 2.34. The van der Waals surface area contributed by atoms with Crippen molar-refractivity contribution in [1.82, 2.24) is 29.8 Å². The quantitative estimate of drug-likeness (QED) is 0.517. The van der Waals surface area contributed by atoms with Gasteiger partial charge in [0.2, 0.25) is 5.89 Å². The molecule has 0 radical (unpaired) electrons. The molecule has 1 fully saturated rings. The number of hydrogen-bond acceptors (Lipinski definition) is 7. The van der Waals surface area contributed by atoms with Crippen molar-refractivity contribution in [2.24, 2.45) is 0 Å². The van der Waals surface area contributed by atoms with E-state index in [4.69, 9.17) is 4.52 Å². The average molecular weight is 427 g/mol. The van der Waals surface area contributed by atoms with Crippen molar-refractivity contribution >= 4 is 11.8 Å². The van der Waals surface area contributed by atoms with E-state index in [2.05, 4.69) is 81.8 Å². The summed E-state index contributed by atoms with van der Waals surface area (Å²) in [5, 5.41) is 14.1. The van der Waals surface area contributed by atoms with Crippen molar-refractivity contribution in [2.45, 2.75) is 69.4 Å². The van der Waals surface area contributed by atoms with Gasteiger partial charge in [-0.3, -0.25) is 4.90 Å². The molecule has 160 valence electrons. The summed E-state index contributed by atoms with van der Waals surface area (Å²) in [6.07, 6.45) is 2.53. The van der Waals surface area contributed by atoms with Crippen LogP contribution in [0.4, 0.5) is 0 Å². The second-order valence-electron chi connectivity index (χ2n) is 8.92. The zero-order valence-electron chi connectivity index (χ0n) is 18.2. The SMILES string of the molecule is CC(Sc1nnc(CN2CCCC2)n1Cc1ccccc1)c1nc(C(C)(C)C)no1. The molecule has 1 unspecified atom stereocenters. The lowest BCUT2D eigenvalue weighted by molar-refractivity contribution is 0.316. The maximum Gasteiger partial charge on any atom is 0.239 e. The van der Waals surface area contributed by atoms with Crippen LogP contribution >= 0.6 is 11.8 Å². The number of nitrogens with zero attached hydrogens (tertiary/aromatic N) is 6. The van der Waals surface area contributed by atoms with E-state index in [1.807, 2.05) is 6.07 Å². The predicted molar refractivity (Wildman–Crippen MR) is 117 cm³/mol. The monoisotopic (exact) mass is 426 g/mol. The molecule has 0 bridgehead atoms. The molecule has 30 heavy (non-hydrogen) atoms. The fraction of sp³-hybridized carbons (Fsp3) is 0.545. The Morgan fingerprint density at radius 1 is 1.07 bits per heavy atom. The molecule has 0 N–H and O–H groups in total. The lowest BCUT2D eigenvalue weighted by Gasteiger charge is -2.16. The largest absolute Gasteiger partial charge is 0.338 e. The first-order valence-corrected chi connectivity index (χ1v) is 11.5. The van der Waals surface area contributed by atoms with Crippen LogP contribution in [-0.2, 0) is 18.5 Å². The standard InChI is InChI=1S/C22H30N6OS/c1-16(19-23-20(26-29-19)22(2,3)4)30-21-25-24-18(15-27-12-8-9-13-27)28(21)14-17-10-6-5-7-11-17/h5-7,10-11,16H,8-9,12-15H2,1-4H3. The Bertz CT molecular complexity index is 956. The van der Waals surface area contributed by atoms with Gasteiger partial charge in [0, 0.05) is 5.41 Å². The van der Waals surface area contributed by atoms with Crippen LogP contribution in [0.1, 0.15) is 68.9 Å². The fourth-order valence-electron chi connectivity index (χ4n) is 3.50. The Hall–Kier alpha value is -2.19. The molecule has 3 aromatic rings. The van der Waals surface area contributed by atoms with E-state index >= 15 is 0 Å². The van der Waals surface area contributed by atoms with Crippen LogP contribution in [0.2, 0.25) is 0 Å². The number of rotatable bonds is 7. The molecule has 7 nitrogen and oxygen atoms in total. The van der Waals surface area contributed by atoms with Gasteiger partial charge in [-0.15, -0.1) is 10.2 Å². The van der Waals surface area contributed by atoms with Gasteiger partial charge in [-0.05, 0) is 38.4 Å². The fourth-order valence-corrected chi connectivity index (χ4v) is 4.40. The van der Waals surface area contributed by atoms with Crippen LogP contribution < -0.4 is 0 Å². The van der Waals surface area contributed by atoms with Crippen LogP contribution in [0, 0.1) is 0 Å². The van der Waals surface area contributed by atoms with E-state index in [1.165, 1.54) is 18.4 Å². The molecule has 1 atom stereocenters. The van der Waals surface area contributed by atoms with Crippen LogP contribution in [0.25, 0.3) is 0 Å². The first-order chi connectivity index (χ1) is 14.4. The first kappa shape index (κ1) is 21.1. The minimum absolute atomic E-state index is 0.00744. The number of thioether (sulfide) groups is 1. The minimum Gasteiger partial charge on any atom is -0.338 e. The molecule has 0 aliphatic carbocycles. The second kappa shape index (κ2) is 8.89. The zero-order chi connectivity index (χ0) is 21.1. The van der Waals surface area contributed by atoms with E-state index in [-0.39, 0.29) is 10.7 Å². The Labute approximate surface area is 182 Å². The Morgan fingerprint density at radius 2 is 1.80 bits per heavy atom. The molecule has 1 aromatic carbocycles. The van der Waals surface area contributed by atoms with Gasteiger partial charge < -0.3 is 9.09 Å². The van der Waals surface area contributed by atoms with Gasteiger partial charge in [0.05, 0.1) is 18.3 Å². The van der Waals surface area contributed by atoms with E-state index in [1.54, 1.807) is 11.8 Å². The number of aromatic nitrogens is 5. The van der Waals surface area contributed by atoms with Crippen LogP contribution in [0.5, 0.6) is 0 Å². The summed E-state index contributed by atoms with van der Waals surface area (Å²) in [5.41, 5.74) is 1.10. The molecular formula is C22H30N6OS. The molecular weight excluding hydrogens is 396 g/mol. The third kappa shape index (κ3) is 4.92. The average Bonchev–Trinajstić information content (AvgIpc) is 3.46. The molecule has 4 rings (SSSR count). The molecule has 1 aliphatic heterocycles. The Balaban J connectivity index is 1.56. The molecule has 1 aliphatic rings. The number of benzene rings is 1. The van der Waals surface area contributed by atoms with Gasteiger partial charge in [-0.2, -0.15) is 4.98 Å². The lowest BCUT2D eigenvalue weighted by Crippen LogP contribution is -2.21. The predicted octanol–water partition coefficient (Wildman–Crippen LogP) is 4.46. The topological polar surface area (TPSA) is 72.9 Å². The maximum atomic E-state index is 5.55. The van der Waals surface area contributed by atoms with Crippen LogP contribution in [-0.4, -0.2) is 42.9 Å². The van der Waals surface area contributed by atoms with Gasteiger partial charge >= 0.3 is 0 Å². The summed E-state index contributed by atoms with van der Waals surface area (Å²) in [7, 11) is 0. The molecule has 8 heteroatoms. The summed E-state index contributed by atoms with van der Waals surface area (Å²) in [6.45, 7) is 12.2. The summed E-state index contributed by atoms with van der Waals surface area (Å²) >= 11 is 1.62. The summed E-state index contributed by atoms with van der Waals surface area (Å²) in [4.78, 5) is 7.07. The second-order valence-corrected chi connectivity index (χ2v) is 10.2. The highest BCUT2D eigenvalue weighted by Gasteiger charge is 2.26. The van der Waals surface area contributed by atoms with Crippen LogP contribution in [0.15, 0.2) is 40.0 Å². The van der Waals surface area contributed by atoms with Gasteiger partial charge in [-0.25, -0.2) is 0 Å². The Morgan fingerprint density at radius 3 is 2.47 bits per heavy atom. The van der Waals surface area contributed by atoms with E-state index in [0.29, 0.717) is 5.89 Å². The van der Waals surface area contributed by atoms with Gasteiger partial charge in [0.25, 0.3) is 0 Å². The number of likely N-dealkylation sites (tertiary alicyclic amines) is 1. The lowest BCUT2D eigenvalue weighted by atomic mass is 9.96. The highest BCUT2D eigenvalue weighted by molar-refractivity contribution is 7.99. The van der Waals surface area contributed by atoms with Gasteiger partial charge in [0.1, 0.15) is 5.82 Å². The van der Waals surface area contributed by atoms with Crippen molar-refractivity contribution in [2.75, 3.05) is 13.1 Å². The van der Waals surface area contributed by atoms with E-state index in [9.17, 15) is 0 Å². The van der Waals surface area contributed by atoms with Gasteiger partial charge in [-0.1, -0.05) is 68.0 Å². The highest BCUT2D eigenvalue weighted by atomic mass is 32.2. The van der Waals surface area contributed by atoms with E-state index in [0.717, 1.165) is 43.0 Å². The molecule has 3 heterocycles. The molecule has 0 amide bonds. The molecule has 2 aromatic heterocycles. The van der Waals surface area contributed by atoms with Crippen molar-refractivity contribution < 1.29 is 4.52 Å². The summed E-state index contributed by atoms with van der Waals surface area (Å²) < 4.78 is 7.78. The molecule has 1 saturated heterocycles. The van der Waals surface area contributed by atoms with Crippen LogP contribution in [0.3, 0.4) is 0 Å². The smallest absolute Gasteiger partial charge is 0.239 e. The van der Waals surface area contributed by atoms with Crippen molar-refractivity contribution in [3.63, 3.8) is 0 Å². The Kier molecular flexibility index (Phi) is 6.24. The zero-order valence-corrected chi connectivity index (χ0v) is 19.0. The maximum absolute atomic E-state index is 5.55. The first-order valence-electron chi connectivity index (χ1n) is 10.6. The number of hydrogen-bond donors (Lipinski definition) is 0. The third-order valence-electron chi connectivity index (χ3n) is 5.28. The normalized spacial score (nSPS) is 16.3. The third-order valence-corrected chi connectivity index (χ3v) is 6.35. The van der Waals surface area contributed by atoms with Crippen molar-refractivity contribution in [1.29, 1.82) is 0 Å². The summed E-state index contributed by atoms with van der Waals surface area (Å²) in [5.74, 6) is 2.36.